The molecule has 0 unspecified atom stereocenters. The summed E-state index contributed by atoms with van der Waals surface area (Å²) in [6.45, 7) is 2.41. The van der Waals surface area contributed by atoms with Crippen molar-refractivity contribution in [3.8, 4) is 17.1 Å². The minimum Gasteiger partial charge on any atom is -0.497 e. The van der Waals surface area contributed by atoms with Gasteiger partial charge in [-0.3, -0.25) is 4.79 Å². The Morgan fingerprint density at radius 1 is 1.16 bits per heavy atom. The fourth-order valence-electron chi connectivity index (χ4n) is 4.16. The first-order chi connectivity index (χ1) is 15.2. The maximum atomic E-state index is 12.5. The Bertz CT molecular complexity index is 969. The van der Waals surface area contributed by atoms with Gasteiger partial charge in [0.25, 0.3) is 0 Å². The number of hydrogen-bond acceptors (Lipinski definition) is 5. The van der Waals surface area contributed by atoms with Crippen molar-refractivity contribution in [2.75, 3.05) is 20.2 Å². The second-order valence-corrected chi connectivity index (χ2v) is 8.09. The number of rotatable bonds is 8. The maximum Gasteiger partial charge on any atom is 0.220 e. The lowest BCUT2D eigenvalue weighted by Crippen LogP contribution is -2.40. The van der Waals surface area contributed by atoms with Crippen molar-refractivity contribution in [2.24, 2.45) is 11.8 Å². The lowest BCUT2D eigenvalue weighted by molar-refractivity contribution is -0.122. The second kappa shape index (κ2) is 10.3. The Kier molecular flexibility index (Phi) is 6.99. The predicted molar refractivity (Wildman–Crippen MR) is 120 cm³/mol. The molecule has 0 spiro atoms. The normalized spacial score (nSPS) is 18.5. The van der Waals surface area contributed by atoms with E-state index in [4.69, 9.17) is 9.26 Å². The molecule has 2 N–H and O–H groups in total. The summed E-state index contributed by atoms with van der Waals surface area (Å²) in [6.07, 6.45) is 2.33. The monoisotopic (exact) mass is 419 g/mol. The first-order valence-electron chi connectivity index (χ1n) is 10.8. The summed E-state index contributed by atoms with van der Waals surface area (Å²) >= 11 is 0. The molecule has 0 saturated carbocycles. The Hall–Kier alpha value is -3.12. The number of methoxy groups -OCH3 is 1. The van der Waals surface area contributed by atoms with Gasteiger partial charge in [0.1, 0.15) is 5.75 Å². The van der Waals surface area contributed by atoms with Crippen molar-refractivity contribution in [2.45, 2.75) is 25.8 Å². The number of benzene rings is 2. The van der Waals surface area contributed by atoms with E-state index in [1.807, 2.05) is 60.7 Å². The van der Waals surface area contributed by atoms with Gasteiger partial charge in [0, 0.05) is 24.6 Å². The number of hydrogen-bond donors (Lipinski definition) is 2. The van der Waals surface area contributed by atoms with E-state index in [0.29, 0.717) is 24.8 Å². The summed E-state index contributed by atoms with van der Waals surface area (Å²) in [6, 6.07) is 19.8. The van der Waals surface area contributed by atoms with E-state index < -0.39 is 0 Å². The second-order valence-electron chi connectivity index (χ2n) is 8.09. The van der Waals surface area contributed by atoms with E-state index >= 15 is 0 Å². The largest absolute Gasteiger partial charge is 0.497 e. The van der Waals surface area contributed by atoms with Gasteiger partial charge in [-0.15, -0.1) is 0 Å². The molecule has 6 heteroatoms. The van der Waals surface area contributed by atoms with Crippen molar-refractivity contribution in [3.05, 3.63) is 71.9 Å². The molecular weight excluding hydrogens is 390 g/mol. The number of ether oxygens (including phenoxy) is 1. The molecule has 0 radical (unpaired) electrons. The average Bonchev–Trinajstić information content (AvgIpc) is 3.28. The van der Waals surface area contributed by atoms with Gasteiger partial charge in [-0.1, -0.05) is 35.5 Å². The van der Waals surface area contributed by atoms with Crippen LogP contribution in [0.4, 0.5) is 0 Å². The number of nitrogens with zero attached hydrogens (tertiary/aromatic N) is 1. The van der Waals surface area contributed by atoms with Gasteiger partial charge in [0.05, 0.1) is 12.8 Å². The molecule has 1 aliphatic rings. The Labute approximate surface area is 183 Å². The van der Waals surface area contributed by atoms with E-state index in [0.717, 1.165) is 54.3 Å². The van der Waals surface area contributed by atoms with Gasteiger partial charge in [0.15, 0.2) is 5.76 Å². The zero-order valence-corrected chi connectivity index (χ0v) is 17.8. The molecule has 1 aromatic heterocycles. The van der Waals surface area contributed by atoms with Crippen molar-refractivity contribution < 1.29 is 14.1 Å². The highest BCUT2D eigenvalue weighted by molar-refractivity contribution is 5.76. The van der Waals surface area contributed by atoms with Crippen molar-refractivity contribution in [1.82, 2.24) is 15.8 Å². The van der Waals surface area contributed by atoms with E-state index in [1.54, 1.807) is 7.11 Å². The van der Waals surface area contributed by atoms with Crippen LogP contribution >= 0.6 is 0 Å². The summed E-state index contributed by atoms with van der Waals surface area (Å²) in [7, 11) is 1.65. The molecule has 3 aromatic rings. The Morgan fingerprint density at radius 3 is 2.74 bits per heavy atom. The highest BCUT2D eigenvalue weighted by atomic mass is 16.5. The van der Waals surface area contributed by atoms with Gasteiger partial charge in [-0.2, -0.15) is 0 Å². The van der Waals surface area contributed by atoms with Crippen LogP contribution in [-0.2, 0) is 17.8 Å². The van der Waals surface area contributed by atoms with Crippen LogP contribution in [0, 0.1) is 11.8 Å². The van der Waals surface area contributed by atoms with E-state index in [1.165, 1.54) is 0 Å². The van der Waals surface area contributed by atoms with E-state index in [-0.39, 0.29) is 5.91 Å². The number of nitrogens with one attached hydrogen (secondary N) is 2. The molecule has 0 aliphatic carbocycles. The molecule has 6 nitrogen and oxygen atoms in total. The molecule has 2 aromatic carbocycles. The smallest absolute Gasteiger partial charge is 0.220 e. The Balaban J connectivity index is 1.34. The van der Waals surface area contributed by atoms with Crippen LogP contribution in [0.2, 0.25) is 0 Å². The predicted octanol–water partition coefficient (Wildman–Crippen LogP) is 3.82. The highest BCUT2D eigenvalue weighted by Crippen LogP contribution is 2.28. The minimum absolute atomic E-state index is 0.111. The van der Waals surface area contributed by atoms with Crippen LogP contribution in [0.3, 0.4) is 0 Å². The van der Waals surface area contributed by atoms with Crippen molar-refractivity contribution in [1.29, 1.82) is 0 Å². The quantitative estimate of drug-likeness (QED) is 0.580. The van der Waals surface area contributed by atoms with E-state index in [9.17, 15) is 4.79 Å². The molecule has 1 aliphatic heterocycles. The van der Waals surface area contributed by atoms with Crippen LogP contribution in [0.1, 0.15) is 24.1 Å². The molecule has 162 valence electrons. The zero-order chi connectivity index (χ0) is 21.5. The van der Waals surface area contributed by atoms with Gasteiger partial charge >= 0.3 is 0 Å². The van der Waals surface area contributed by atoms with Crippen LogP contribution in [0.15, 0.2) is 65.2 Å². The van der Waals surface area contributed by atoms with Gasteiger partial charge in [-0.25, -0.2) is 0 Å². The standard InChI is InChI=1S/C25H29N3O3/c1-30-23-9-7-19(8-10-23)24-15-22(28-31-24)13-21-17-26-12-11-20(21)14-25(29)27-16-18-5-3-2-4-6-18/h2-10,15,20-21,26H,11-14,16-17H2,1H3,(H,27,29)/t20-,21+/m0/s1. The lowest BCUT2D eigenvalue weighted by atomic mass is 9.81. The molecule has 1 amide bonds. The third-order valence-electron chi connectivity index (χ3n) is 5.95. The van der Waals surface area contributed by atoms with Crippen LogP contribution < -0.4 is 15.4 Å². The molecule has 1 fully saturated rings. The molecule has 4 rings (SSSR count). The summed E-state index contributed by atoms with van der Waals surface area (Å²) < 4.78 is 10.8. The summed E-state index contributed by atoms with van der Waals surface area (Å²) in [5.74, 6) is 2.35. The van der Waals surface area contributed by atoms with Crippen LogP contribution in [0.25, 0.3) is 11.3 Å². The third-order valence-corrected chi connectivity index (χ3v) is 5.95. The molecule has 1 saturated heterocycles. The maximum absolute atomic E-state index is 12.5. The fourth-order valence-corrected chi connectivity index (χ4v) is 4.16. The van der Waals surface area contributed by atoms with Gasteiger partial charge in [0.2, 0.25) is 5.91 Å². The summed E-state index contributed by atoms with van der Waals surface area (Å²) in [5.41, 5.74) is 3.01. The van der Waals surface area contributed by atoms with Gasteiger partial charge < -0.3 is 19.9 Å². The number of aromatic nitrogens is 1. The molecular formula is C25H29N3O3. The lowest BCUT2D eigenvalue weighted by Gasteiger charge is -2.31. The molecule has 31 heavy (non-hydrogen) atoms. The Morgan fingerprint density at radius 2 is 1.97 bits per heavy atom. The third kappa shape index (κ3) is 5.73. The van der Waals surface area contributed by atoms with Crippen LogP contribution in [0.5, 0.6) is 5.75 Å². The van der Waals surface area contributed by atoms with Crippen molar-refractivity contribution >= 4 is 5.91 Å². The SMILES string of the molecule is COc1ccc(-c2cc(C[C@@H]3CNCC[C@H]3CC(=O)NCc3ccccc3)no2)cc1. The molecule has 2 atom stereocenters. The van der Waals surface area contributed by atoms with Gasteiger partial charge in [-0.05, 0) is 67.6 Å². The fraction of sp³-hybridized carbons (Fsp3) is 0.360. The highest BCUT2D eigenvalue weighted by Gasteiger charge is 2.28. The number of carbonyl (C=O) groups excluding carboxylic acids is 1. The number of piperidine rings is 1. The average molecular weight is 420 g/mol. The first kappa shape index (κ1) is 21.1. The summed E-state index contributed by atoms with van der Waals surface area (Å²) in [4.78, 5) is 12.5. The van der Waals surface area contributed by atoms with E-state index in [2.05, 4.69) is 15.8 Å². The minimum atomic E-state index is 0.111. The number of carbonyl (C=O) groups is 1. The molecule has 0 bridgehead atoms. The van der Waals surface area contributed by atoms with Crippen LogP contribution in [-0.4, -0.2) is 31.3 Å². The molecule has 2 heterocycles. The topological polar surface area (TPSA) is 76.4 Å². The first-order valence-corrected chi connectivity index (χ1v) is 10.8. The number of amides is 1. The summed E-state index contributed by atoms with van der Waals surface area (Å²) in [5, 5.41) is 10.8. The zero-order valence-electron chi connectivity index (χ0n) is 17.8. The van der Waals surface area contributed by atoms with Crippen molar-refractivity contribution in [3.63, 3.8) is 0 Å².